The van der Waals surface area contributed by atoms with E-state index in [1.54, 1.807) is 12.1 Å². The van der Waals surface area contributed by atoms with Crippen LogP contribution < -0.4 is 10.2 Å². The van der Waals surface area contributed by atoms with Crippen molar-refractivity contribution in [3.63, 3.8) is 0 Å². The minimum absolute atomic E-state index is 0.196. The molecule has 0 bridgehead atoms. The molecular weight excluding hydrogens is 412 g/mol. The van der Waals surface area contributed by atoms with Gasteiger partial charge in [0, 0.05) is 25.1 Å². The van der Waals surface area contributed by atoms with Crippen LogP contribution in [0, 0.1) is 23.6 Å². The minimum Gasteiger partial charge on any atom is -0.378 e. The molecule has 1 fully saturated rings. The minimum atomic E-state index is -3.71. The summed E-state index contributed by atoms with van der Waals surface area (Å²) in [6.07, 6.45) is 2.78. The van der Waals surface area contributed by atoms with Crippen LogP contribution in [0.2, 0.25) is 0 Å². The topological polar surface area (TPSA) is 49.8 Å². The summed E-state index contributed by atoms with van der Waals surface area (Å²) >= 11 is 0. The molecule has 31 heavy (non-hydrogen) atoms. The first-order valence-corrected chi connectivity index (χ1v) is 12.8. The van der Waals surface area contributed by atoms with Crippen LogP contribution in [0.4, 0.5) is 10.1 Å². The van der Waals surface area contributed by atoms with E-state index in [0.29, 0.717) is 22.7 Å². The highest BCUT2D eigenvalue weighted by atomic mass is 31.2. The average Bonchev–Trinajstić information content (AvgIpc) is 2.73. The Bertz CT molecular complexity index is 898. The van der Waals surface area contributed by atoms with Gasteiger partial charge in [-0.15, -0.1) is 0 Å². The molecule has 170 valence electrons. The fourth-order valence-corrected chi connectivity index (χ4v) is 6.78. The number of nitrogens with zero attached hydrogens (tertiary/aromatic N) is 1. The lowest BCUT2D eigenvalue weighted by Crippen LogP contribution is -2.35. The van der Waals surface area contributed by atoms with Crippen LogP contribution in [0.5, 0.6) is 0 Å². The molecule has 0 saturated heterocycles. The quantitative estimate of drug-likeness (QED) is 0.532. The Hall–Kier alpha value is -1.68. The summed E-state index contributed by atoms with van der Waals surface area (Å²) in [5.41, 5.74) is 1.37. The Balaban J connectivity index is 2.02. The average molecular weight is 448 g/mol. The van der Waals surface area contributed by atoms with Gasteiger partial charge in [-0.3, -0.25) is 4.57 Å². The van der Waals surface area contributed by atoms with Gasteiger partial charge in [-0.1, -0.05) is 39.3 Å². The number of aliphatic hydroxyl groups excluding tert-OH is 1. The van der Waals surface area contributed by atoms with Crippen LogP contribution in [-0.2, 0) is 9.09 Å². The standard InChI is InChI=1S/C25H35FNO3P/c1-17(2)23-15-6-18(3)16-24(23)30-31(29,22-13-11-21(12-14-22)27(4)5)25(28)19-7-9-20(26)10-8-19/h7-14,17-18,23-25,28H,6,15-16H2,1-5H3/t18-,23-,24-,25-,31+/m1/s1. The number of aliphatic hydroxyl groups is 1. The summed E-state index contributed by atoms with van der Waals surface area (Å²) in [5, 5.41) is 11.7. The van der Waals surface area contributed by atoms with Gasteiger partial charge in [-0.2, -0.15) is 0 Å². The van der Waals surface area contributed by atoms with Crippen LogP contribution in [0.1, 0.15) is 51.4 Å². The zero-order valence-corrected chi connectivity index (χ0v) is 20.1. The highest BCUT2D eigenvalue weighted by molar-refractivity contribution is 7.67. The largest absolute Gasteiger partial charge is 0.378 e. The molecule has 0 radical (unpaired) electrons. The fraction of sp³-hybridized carbons (Fsp3) is 0.520. The van der Waals surface area contributed by atoms with Crippen LogP contribution >= 0.6 is 7.37 Å². The van der Waals surface area contributed by atoms with E-state index in [9.17, 15) is 14.1 Å². The van der Waals surface area contributed by atoms with E-state index in [1.807, 2.05) is 31.1 Å². The van der Waals surface area contributed by atoms with Gasteiger partial charge in [0.2, 0.25) is 0 Å². The van der Waals surface area contributed by atoms with Gasteiger partial charge in [0.25, 0.3) is 7.37 Å². The molecule has 4 nitrogen and oxygen atoms in total. The first kappa shape index (κ1) is 24.0. The molecule has 0 aliphatic heterocycles. The number of hydrogen-bond donors (Lipinski definition) is 1. The highest BCUT2D eigenvalue weighted by Gasteiger charge is 2.42. The number of halogens is 1. The van der Waals surface area contributed by atoms with E-state index < -0.39 is 19.0 Å². The third-order valence-electron chi connectivity index (χ3n) is 6.47. The van der Waals surface area contributed by atoms with Crippen molar-refractivity contribution in [2.24, 2.45) is 17.8 Å². The van der Waals surface area contributed by atoms with Gasteiger partial charge < -0.3 is 14.5 Å². The molecule has 1 N–H and O–H groups in total. The van der Waals surface area contributed by atoms with E-state index in [1.165, 1.54) is 24.3 Å². The Morgan fingerprint density at radius 3 is 2.23 bits per heavy atom. The van der Waals surface area contributed by atoms with E-state index in [4.69, 9.17) is 4.52 Å². The lowest BCUT2D eigenvalue weighted by atomic mass is 9.75. The summed E-state index contributed by atoms with van der Waals surface area (Å²) in [6, 6.07) is 12.8. The van der Waals surface area contributed by atoms with E-state index >= 15 is 0 Å². The van der Waals surface area contributed by atoms with Gasteiger partial charge >= 0.3 is 0 Å². The molecule has 2 aromatic rings. The second kappa shape index (κ2) is 9.85. The molecule has 0 unspecified atom stereocenters. The number of anilines is 1. The molecule has 1 aliphatic carbocycles. The molecule has 3 rings (SSSR count). The lowest BCUT2D eigenvalue weighted by Gasteiger charge is -2.40. The van der Waals surface area contributed by atoms with Crippen LogP contribution in [-0.4, -0.2) is 25.3 Å². The Morgan fingerprint density at radius 1 is 1.06 bits per heavy atom. The molecule has 6 heteroatoms. The number of hydrogen-bond acceptors (Lipinski definition) is 4. The van der Waals surface area contributed by atoms with Crippen molar-refractivity contribution in [1.82, 2.24) is 0 Å². The third-order valence-corrected chi connectivity index (χ3v) is 9.01. The van der Waals surface area contributed by atoms with Gasteiger partial charge in [-0.05, 0) is 72.6 Å². The van der Waals surface area contributed by atoms with E-state index in [-0.39, 0.29) is 12.0 Å². The smallest absolute Gasteiger partial charge is 0.264 e. The van der Waals surface area contributed by atoms with Crippen molar-refractivity contribution >= 4 is 18.4 Å². The van der Waals surface area contributed by atoms with Gasteiger partial charge in [0.1, 0.15) is 5.82 Å². The predicted molar refractivity (Wildman–Crippen MR) is 126 cm³/mol. The summed E-state index contributed by atoms with van der Waals surface area (Å²) in [6.45, 7) is 6.54. The maximum absolute atomic E-state index is 14.4. The van der Waals surface area contributed by atoms with Crippen LogP contribution in [0.3, 0.4) is 0 Å². The Kier molecular flexibility index (Phi) is 7.62. The zero-order valence-electron chi connectivity index (χ0n) is 19.2. The molecular formula is C25H35FNO3P. The van der Waals surface area contributed by atoms with E-state index in [2.05, 4.69) is 20.8 Å². The highest BCUT2D eigenvalue weighted by Crippen LogP contribution is 2.60. The molecule has 0 spiro atoms. The van der Waals surface area contributed by atoms with Crippen LogP contribution in [0.25, 0.3) is 0 Å². The number of rotatable bonds is 7. The molecule has 2 aromatic carbocycles. The first-order valence-electron chi connectivity index (χ1n) is 11.1. The second-order valence-electron chi connectivity index (χ2n) is 9.40. The SMILES string of the molecule is CC(C)[C@H]1CC[C@@H](C)C[C@H]1O[P@@](=O)(c1ccc(N(C)C)cc1)[C@@H](O)c1ccc(F)cc1. The number of benzene rings is 2. The molecule has 5 atom stereocenters. The normalized spacial score (nSPS) is 24.6. The molecule has 0 amide bonds. The summed E-state index contributed by atoms with van der Waals surface area (Å²) in [5.74, 6) is -0.602. The van der Waals surface area contributed by atoms with Crippen molar-refractivity contribution in [1.29, 1.82) is 0 Å². The maximum Gasteiger partial charge on any atom is 0.264 e. The van der Waals surface area contributed by atoms with Crippen molar-refractivity contribution in [2.75, 3.05) is 19.0 Å². The lowest BCUT2D eigenvalue weighted by molar-refractivity contribution is 0.0427. The maximum atomic E-state index is 14.4. The Labute approximate surface area is 185 Å². The van der Waals surface area contributed by atoms with Crippen molar-refractivity contribution in [3.05, 3.63) is 59.9 Å². The van der Waals surface area contributed by atoms with E-state index in [0.717, 1.165) is 24.9 Å². The first-order chi connectivity index (χ1) is 14.6. The third kappa shape index (κ3) is 5.39. The summed E-state index contributed by atoms with van der Waals surface area (Å²) in [7, 11) is 0.172. The second-order valence-corrected chi connectivity index (χ2v) is 11.8. The van der Waals surface area contributed by atoms with Crippen molar-refractivity contribution < 1.29 is 18.6 Å². The summed E-state index contributed by atoms with van der Waals surface area (Å²) < 4.78 is 34.4. The summed E-state index contributed by atoms with van der Waals surface area (Å²) in [4.78, 5) is 1.96. The van der Waals surface area contributed by atoms with Crippen LogP contribution in [0.15, 0.2) is 48.5 Å². The molecule has 0 heterocycles. The monoisotopic (exact) mass is 447 g/mol. The van der Waals surface area contributed by atoms with Gasteiger partial charge in [0.05, 0.1) is 6.10 Å². The van der Waals surface area contributed by atoms with Gasteiger partial charge in [0.15, 0.2) is 5.85 Å². The predicted octanol–water partition coefficient (Wildman–Crippen LogP) is 5.96. The van der Waals surface area contributed by atoms with Crippen molar-refractivity contribution in [3.8, 4) is 0 Å². The van der Waals surface area contributed by atoms with Crippen molar-refractivity contribution in [2.45, 2.75) is 52.0 Å². The zero-order chi connectivity index (χ0) is 22.8. The Morgan fingerprint density at radius 2 is 1.68 bits per heavy atom. The van der Waals surface area contributed by atoms with Gasteiger partial charge in [-0.25, -0.2) is 4.39 Å². The molecule has 0 aromatic heterocycles. The molecule has 1 saturated carbocycles. The fourth-order valence-electron chi connectivity index (χ4n) is 4.49. The molecule has 1 aliphatic rings.